The Bertz CT molecular complexity index is 652. The van der Waals surface area contributed by atoms with E-state index in [1.54, 1.807) is 0 Å². The highest BCUT2D eigenvalue weighted by atomic mass is 79.9. The summed E-state index contributed by atoms with van der Waals surface area (Å²) in [5.74, 6) is 0.930. The number of nitrogens with one attached hydrogen (secondary N) is 2. The van der Waals surface area contributed by atoms with E-state index < -0.39 is 11.2 Å². The number of rotatable bonds is 3. The standard InChI is InChI=1S/C10H13BrN4O2/c1-5(2)4-15-8-7(9(16)14-10(15)17)12-6(3-11)13-8/h5H,3-4H2,1-2H3,(H,12,13)(H,14,16,17). The zero-order valence-corrected chi connectivity index (χ0v) is 11.2. The van der Waals surface area contributed by atoms with Crippen molar-refractivity contribution in [3.63, 3.8) is 0 Å². The summed E-state index contributed by atoms with van der Waals surface area (Å²) in [6.07, 6.45) is 0. The van der Waals surface area contributed by atoms with Crippen LogP contribution in [0.5, 0.6) is 0 Å². The third-order valence-corrected chi connectivity index (χ3v) is 2.89. The van der Waals surface area contributed by atoms with E-state index in [2.05, 4.69) is 30.9 Å². The highest BCUT2D eigenvalue weighted by Gasteiger charge is 2.13. The molecule has 17 heavy (non-hydrogen) atoms. The van der Waals surface area contributed by atoms with Gasteiger partial charge >= 0.3 is 5.69 Å². The van der Waals surface area contributed by atoms with E-state index in [1.807, 2.05) is 13.8 Å². The van der Waals surface area contributed by atoms with E-state index in [1.165, 1.54) is 4.57 Å². The normalized spacial score (nSPS) is 11.5. The number of nitrogens with zero attached hydrogens (tertiary/aromatic N) is 2. The molecule has 0 saturated heterocycles. The Labute approximate surface area is 105 Å². The first-order valence-corrected chi connectivity index (χ1v) is 6.42. The molecule has 0 spiro atoms. The van der Waals surface area contributed by atoms with Gasteiger partial charge in [0.2, 0.25) is 0 Å². The van der Waals surface area contributed by atoms with Gasteiger partial charge in [-0.15, -0.1) is 0 Å². The van der Waals surface area contributed by atoms with E-state index in [9.17, 15) is 9.59 Å². The third kappa shape index (κ3) is 2.19. The molecule has 0 atom stereocenters. The van der Waals surface area contributed by atoms with Gasteiger partial charge in [-0.1, -0.05) is 29.8 Å². The van der Waals surface area contributed by atoms with Gasteiger partial charge in [-0.2, -0.15) is 0 Å². The highest BCUT2D eigenvalue weighted by Crippen LogP contribution is 2.09. The Morgan fingerprint density at radius 2 is 2.06 bits per heavy atom. The van der Waals surface area contributed by atoms with Crippen molar-refractivity contribution in [2.45, 2.75) is 25.7 Å². The molecule has 2 aromatic rings. The van der Waals surface area contributed by atoms with Gasteiger partial charge in [0.25, 0.3) is 5.56 Å². The fourth-order valence-corrected chi connectivity index (χ4v) is 1.95. The second-order valence-electron chi connectivity index (χ2n) is 4.28. The molecule has 0 aliphatic rings. The summed E-state index contributed by atoms with van der Waals surface area (Å²) in [7, 11) is 0. The molecular formula is C10H13BrN4O2. The van der Waals surface area contributed by atoms with Crippen molar-refractivity contribution in [2.75, 3.05) is 0 Å². The Balaban J connectivity index is 2.77. The van der Waals surface area contributed by atoms with Gasteiger partial charge in [-0.3, -0.25) is 14.3 Å². The van der Waals surface area contributed by atoms with Crippen LogP contribution in [-0.2, 0) is 11.9 Å². The van der Waals surface area contributed by atoms with Gasteiger partial charge in [0.15, 0.2) is 5.65 Å². The van der Waals surface area contributed by atoms with Crippen LogP contribution in [0.1, 0.15) is 19.7 Å². The van der Waals surface area contributed by atoms with Crippen molar-refractivity contribution in [1.29, 1.82) is 0 Å². The predicted octanol–water partition coefficient (Wildman–Crippen LogP) is 0.964. The quantitative estimate of drug-likeness (QED) is 0.828. The van der Waals surface area contributed by atoms with Crippen LogP contribution in [-0.4, -0.2) is 19.5 Å². The smallest absolute Gasteiger partial charge is 0.330 e. The summed E-state index contributed by atoms with van der Waals surface area (Å²) in [6, 6.07) is 0. The number of aromatic amines is 2. The molecule has 0 unspecified atom stereocenters. The third-order valence-electron chi connectivity index (χ3n) is 2.36. The largest absolute Gasteiger partial charge is 0.335 e. The minimum absolute atomic E-state index is 0.297. The molecule has 0 fully saturated rings. The molecule has 0 radical (unpaired) electrons. The Kier molecular flexibility index (Phi) is 3.19. The molecule has 6 nitrogen and oxygen atoms in total. The minimum atomic E-state index is -0.426. The lowest BCUT2D eigenvalue weighted by Crippen LogP contribution is -2.31. The van der Waals surface area contributed by atoms with Crippen LogP contribution in [0.15, 0.2) is 9.59 Å². The molecule has 0 aromatic carbocycles. The molecule has 92 valence electrons. The van der Waals surface area contributed by atoms with Crippen LogP contribution in [0.25, 0.3) is 11.2 Å². The molecule has 2 aromatic heterocycles. The van der Waals surface area contributed by atoms with Crippen LogP contribution < -0.4 is 11.2 Å². The number of hydrogen-bond donors (Lipinski definition) is 2. The number of halogens is 1. The number of imidazole rings is 1. The van der Waals surface area contributed by atoms with Crippen LogP contribution in [0.2, 0.25) is 0 Å². The monoisotopic (exact) mass is 300 g/mol. The molecule has 0 saturated carbocycles. The molecule has 0 bridgehead atoms. The molecule has 0 aliphatic carbocycles. The highest BCUT2D eigenvalue weighted by molar-refractivity contribution is 9.08. The summed E-state index contributed by atoms with van der Waals surface area (Å²) in [5.41, 5.74) is -0.0740. The Morgan fingerprint density at radius 1 is 1.35 bits per heavy atom. The summed E-state index contributed by atoms with van der Waals surface area (Å²) in [5, 5.41) is 0.511. The zero-order valence-electron chi connectivity index (χ0n) is 9.58. The number of H-pyrrole nitrogens is 2. The maximum absolute atomic E-state index is 11.7. The fourth-order valence-electron chi connectivity index (χ4n) is 1.69. The second kappa shape index (κ2) is 4.48. The molecule has 2 heterocycles. The number of hydrogen-bond acceptors (Lipinski definition) is 3. The van der Waals surface area contributed by atoms with Crippen LogP contribution in [0.3, 0.4) is 0 Å². The van der Waals surface area contributed by atoms with Crippen LogP contribution in [0.4, 0.5) is 0 Å². The zero-order chi connectivity index (χ0) is 12.6. The maximum Gasteiger partial charge on any atom is 0.330 e. The number of aromatic nitrogens is 4. The summed E-state index contributed by atoms with van der Waals surface area (Å²) in [6.45, 7) is 4.53. The molecule has 7 heteroatoms. The van der Waals surface area contributed by atoms with E-state index in [4.69, 9.17) is 0 Å². The second-order valence-corrected chi connectivity index (χ2v) is 4.84. The van der Waals surface area contributed by atoms with Crippen LogP contribution in [0, 0.1) is 5.92 Å². The SMILES string of the molecule is CC(C)Cn1c(=O)[nH]c(=O)c2[nH]c(CBr)nc21. The van der Waals surface area contributed by atoms with Crippen molar-refractivity contribution >= 4 is 27.1 Å². The minimum Gasteiger partial charge on any atom is -0.335 e. The lowest BCUT2D eigenvalue weighted by atomic mass is 10.2. The van der Waals surface area contributed by atoms with Crippen molar-refractivity contribution in [1.82, 2.24) is 19.5 Å². The number of fused-ring (bicyclic) bond motifs is 1. The van der Waals surface area contributed by atoms with Crippen molar-refractivity contribution in [3.05, 3.63) is 26.7 Å². The first-order valence-electron chi connectivity index (χ1n) is 5.30. The molecular weight excluding hydrogens is 288 g/mol. The molecule has 2 N–H and O–H groups in total. The Morgan fingerprint density at radius 3 is 2.65 bits per heavy atom. The average molecular weight is 301 g/mol. The fraction of sp³-hybridized carbons (Fsp3) is 0.500. The van der Waals surface area contributed by atoms with Gasteiger partial charge in [-0.05, 0) is 5.92 Å². The summed E-state index contributed by atoms with van der Waals surface area (Å²) < 4.78 is 1.49. The van der Waals surface area contributed by atoms with Crippen molar-refractivity contribution in [2.24, 2.45) is 5.92 Å². The van der Waals surface area contributed by atoms with Gasteiger partial charge in [0.1, 0.15) is 11.3 Å². The van der Waals surface area contributed by atoms with Crippen molar-refractivity contribution in [3.8, 4) is 0 Å². The first kappa shape index (κ1) is 12.1. The van der Waals surface area contributed by atoms with E-state index in [-0.39, 0.29) is 0 Å². The molecule has 0 aliphatic heterocycles. The maximum atomic E-state index is 11.7. The Hall–Kier alpha value is -1.37. The average Bonchev–Trinajstić information content (AvgIpc) is 2.68. The first-order chi connectivity index (χ1) is 8.02. The number of alkyl halides is 1. The van der Waals surface area contributed by atoms with Gasteiger partial charge in [-0.25, -0.2) is 9.78 Å². The topological polar surface area (TPSA) is 83.5 Å². The lowest BCUT2D eigenvalue weighted by Gasteiger charge is -2.07. The van der Waals surface area contributed by atoms with E-state index >= 15 is 0 Å². The summed E-state index contributed by atoms with van der Waals surface area (Å²) >= 11 is 3.26. The van der Waals surface area contributed by atoms with Crippen molar-refractivity contribution < 1.29 is 0 Å². The summed E-state index contributed by atoms with van der Waals surface area (Å²) in [4.78, 5) is 32.8. The molecule has 2 rings (SSSR count). The van der Waals surface area contributed by atoms with E-state index in [0.717, 1.165) is 0 Å². The van der Waals surface area contributed by atoms with Crippen LogP contribution >= 0.6 is 15.9 Å². The lowest BCUT2D eigenvalue weighted by molar-refractivity contribution is 0.513. The van der Waals surface area contributed by atoms with E-state index in [0.29, 0.717) is 34.8 Å². The van der Waals surface area contributed by atoms with Gasteiger partial charge in [0, 0.05) is 6.54 Å². The van der Waals surface area contributed by atoms with Gasteiger partial charge in [0.05, 0.1) is 5.33 Å². The molecule has 0 amide bonds. The predicted molar refractivity (Wildman–Crippen MR) is 68.4 cm³/mol. The van der Waals surface area contributed by atoms with Gasteiger partial charge < -0.3 is 4.98 Å².